The lowest BCUT2D eigenvalue weighted by Crippen LogP contribution is -2.35. The predicted octanol–water partition coefficient (Wildman–Crippen LogP) is 3.82. The standard InChI is InChI=1S/C20H25N3O/c1-24-18-4-2-3-16(14-18)13-15-8-11-23(12-9-15)19-7-10-21-20(22-19)17-5-6-17/h2-4,7,10,14-15,17H,5-6,8-9,11-13H2,1H3. The Morgan fingerprint density at radius 1 is 1.12 bits per heavy atom. The minimum atomic E-state index is 0.621. The third kappa shape index (κ3) is 3.53. The number of nitrogens with zero attached hydrogens (tertiary/aromatic N) is 3. The summed E-state index contributed by atoms with van der Waals surface area (Å²) in [4.78, 5) is 11.6. The minimum absolute atomic E-state index is 0.621. The number of hydrogen-bond acceptors (Lipinski definition) is 4. The maximum Gasteiger partial charge on any atom is 0.133 e. The van der Waals surface area contributed by atoms with Crippen molar-refractivity contribution in [2.45, 2.75) is 38.0 Å². The zero-order chi connectivity index (χ0) is 16.4. The molecule has 4 rings (SSSR count). The molecule has 0 N–H and O–H groups in total. The van der Waals surface area contributed by atoms with Crippen LogP contribution in [-0.4, -0.2) is 30.2 Å². The van der Waals surface area contributed by atoms with E-state index in [0.29, 0.717) is 5.92 Å². The second-order valence-electron chi connectivity index (χ2n) is 7.03. The highest BCUT2D eigenvalue weighted by molar-refractivity contribution is 5.38. The van der Waals surface area contributed by atoms with Gasteiger partial charge >= 0.3 is 0 Å². The first kappa shape index (κ1) is 15.4. The Morgan fingerprint density at radius 3 is 2.71 bits per heavy atom. The predicted molar refractivity (Wildman–Crippen MR) is 95.6 cm³/mol. The van der Waals surface area contributed by atoms with E-state index in [-0.39, 0.29) is 0 Å². The lowest BCUT2D eigenvalue weighted by molar-refractivity contribution is 0.397. The third-order valence-electron chi connectivity index (χ3n) is 5.20. The fourth-order valence-electron chi connectivity index (χ4n) is 3.58. The van der Waals surface area contributed by atoms with Crippen molar-refractivity contribution in [1.82, 2.24) is 9.97 Å². The summed E-state index contributed by atoms with van der Waals surface area (Å²) in [6, 6.07) is 10.5. The van der Waals surface area contributed by atoms with Crippen LogP contribution in [0.2, 0.25) is 0 Å². The molecule has 0 unspecified atom stereocenters. The van der Waals surface area contributed by atoms with Crippen molar-refractivity contribution in [3.8, 4) is 5.75 Å². The molecule has 0 amide bonds. The van der Waals surface area contributed by atoms with Gasteiger partial charge in [-0.15, -0.1) is 0 Å². The Balaban J connectivity index is 1.35. The molecule has 4 heteroatoms. The fourth-order valence-corrected chi connectivity index (χ4v) is 3.58. The lowest BCUT2D eigenvalue weighted by Gasteiger charge is -2.33. The van der Waals surface area contributed by atoms with Gasteiger partial charge in [-0.25, -0.2) is 9.97 Å². The number of hydrogen-bond donors (Lipinski definition) is 0. The number of rotatable bonds is 5. The molecule has 2 fully saturated rings. The second-order valence-corrected chi connectivity index (χ2v) is 7.03. The molecule has 4 nitrogen and oxygen atoms in total. The molecule has 2 heterocycles. The van der Waals surface area contributed by atoms with Gasteiger partial charge < -0.3 is 9.64 Å². The summed E-state index contributed by atoms with van der Waals surface area (Å²) >= 11 is 0. The van der Waals surface area contributed by atoms with Gasteiger partial charge in [0.05, 0.1) is 7.11 Å². The van der Waals surface area contributed by atoms with Gasteiger partial charge in [-0.2, -0.15) is 0 Å². The molecule has 1 aromatic heterocycles. The molecule has 1 saturated carbocycles. The molecular formula is C20H25N3O. The van der Waals surface area contributed by atoms with Gasteiger partial charge in [0.1, 0.15) is 17.4 Å². The van der Waals surface area contributed by atoms with E-state index in [1.54, 1.807) is 7.11 Å². The van der Waals surface area contributed by atoms with Crippen LogP contribution in [0.25, 0.3) is 0 Å². The van der Waals surface area contributed by atoms with Gasteiger partial charge in [-0.3, -0.25) is 0 Å². The molecule has 2 aliphatic rings. The summed E-state index contributed by atoms with van der Waals surface area (Å²) in [6.45, 7) is 2.19. The van der Waals surface area contributed by atoms with E-state index in [2.05, 4.69) is 34.1 Å². The smallest absolute Gasteiger partial charge is 0.133 e. The number of methoxy groups -OCH3 is 1. The van der Waals surface area contributed by atoms with Crippen LogP contribution < -0.4 is 9.64 Å². The van der Waals surface area contributed by atoms with Crippen LogP contribution in [0.15, 0.2) is 36.5 Å². The van der Waals surface area contributed by atoms with Crippen molar-refractivity contribution in [1.29, 1.82) is 0 Å². The molecule has 126 valence electrons. The Bertz CT molecular complexity index is 691. The molecule has 1 saturated heterocycles. The van der Waals surface area contributed by atoms with E-state index in [4.69, 9.17) is 9.72 Å². The van der Waals surface area contributed by atoms with Gasteiger partial charge in [0.25, 0.3) is 0 Å². The number of aromatic nitrogens is 2. The minimum Gasteiger partial charge on any atom is -0.497 e. The Hall–Kier alpha value is -2.10. The maximum atomic E-state index is 5.33. The zero-order valence-corrected chi connectivity index (χ0v) is 14.3. The van der Waals surface area contributed by atoms with Crippen molar-refractivity contribution in [3.63, 3.8) is 0 Å². The van der Waals surface area contributed by atoms with Crippen LogP contribution in [0.4, 0.5) is 5.82 Å². The molecule has 2 aromatic rings. The molecule has 0 radical (unpaired) electrons. The number of benzene rings is 1. The summed E-state index contributed by atoms with van der Waals surface area (Å²) in [5, 5.41) is 0. The lowest BCUT2D eigenvalue weighted by atomic mass is 9.90. The highest BCUT2D eigenvalue weighted by Crippen LogP contribution is 2.38. The highest BCUT2D eigenvalue weighted by atomic mass is 16.5. The molecule has 1 aliphatic heterocycles. The van der Waals surface area contributed by atoms with Crippen molar-refractivity contribution in [2.75, 3.05) is 25.1 Å². The van der Waals surface area contributed by atoms with Crippen LogP contribution >= 0.6 is 0 Å². The Morgan fingerprint density at radius 2 is 1.96 bits per heavy atom. The van der Waals surface area contributed by atoms with Crippen LogP contribution in [0, 0.1) is 5.92 Å². The molecule has 24 heavy (non-hydrogen) atoms. The van der Waals surface area contributed by atoms with Crippen molar-refractivity contribution in [3.05, 3.63) is 47.9 Å². The first-order chi connectivity index (χ1) is 11.8. The van der Waals surface area contributed by atoms with E-state index in [1.807, 2.05) is 12.3 Å². The first-order valence-electron chi connectivity index (χ1n) is 9.02. The Labute approximate surface area is 143 Å². The van der Waals surface area contributed by atoms with Gasteiger partial charge in [0.15, 0.2) is 0 Å². The normalized spacial score (nSPS) is 18.6. The van der Waals surface area contributed by atoms with E-state index in [9.17, 15) is 0 Å². The molecule has 0 atom stereocenters. The SMILES string of the molecule is COc1cccc(CC2CCN(c3ccnc(C4CC4)n3)CC2)c1. The first-order valence-corrected chi connectivity index (χ1v) is 9.02. The topological polar surface area (TPSA) is 38.2 Å². The second kappa shape index (κ2) is 6.80. The van der Waals surface area contributed by atoms with Gasteiger partial charge in [-0.1, -0.05) is 12.1 Å². The van der Waals surface area contributed by atoms with Gasteiger partial charge in [0.2, 0.25) is 0 Å². The largest absolute Gasteiger partial charge is 0.497 e. The van der Waals surface area contributed by atoms with Crippen molar-refractivity contribution < 1.29 is 4.74 Å². The van der Waals surface area contributed by atoms with E-state index in [0.717, 1.165) is 42.8 Å². The molecule has 1 aromatic carbocycles. The van der Waals surface area contributed by atoms with Gasteiger partial charge in [0, 0.05) is 25.2 Å². The van der Waals surface area contributed by atoms with E-state index >= 15 is 0 Å². The number of ether oxygens (including phenoxy) is 1. The average Bonchev–Trinajstić information content (AvgIpc) is 3.48. The van der Waals surface area contributed by atoms with Crippen LogP contribution in [0.5, 0.6) is 5.75 Å². The monoisotopic (exact) mass is 323 g/mol. The average molecular weight is 323 g/mol. The van der Waals surface area contributed by atoms with Crippen LogP contribution in [0.1, 0.15) is 43.0 Å². The van der Waals surface area contributed by atoms with Crippen LogP contribution in [-0.2, 0) is 6.42 Å². The Kier molecular flexibility index (Phi) is 4.37. The highest BCUT2D eigenvalue weighted by Gasteiger charge is 2.27. The molecule has 0 bridgehead atoms. The molecule has 0 spiro atoms. The van der Waals surface area contributed by atoms with Crippen molar-refractivity contribution >= 4 is 5.82 Å². The molecule has 1 aliphatic carbocycles. The summed E-state index contributed by atoms with van der Waals surface area (Å²) in [7, 11) is 1.73. The summed E-state index contributed by atoms with van der Waals surface area (Å²) in [6.07, 6.45) is 8.03. The van der Waals surface area contributed by atoms with E-state index < -0.39 is 0 Å². The summed E-state index contributed by atoms with van der Waals surface area (Å²) in [5.74, 6) is 4.49. The zero-order valence-electron chi connectivity index (χ0n) is 14.3. The van der Waals surface area contributed by atoms with Crippen molar-refractivity contribution in [2.24, 2.45) is 5.92 Å². The summed E-state index contributed by atoms with van der Waals surface area (Å²) in [5.41, 5.74) is 1.38. The fraction of sp³-hybridized carbons (Fsp3) is 0.500. The third-order valence-corrected chi connectivity index (χ3v) is 5.20. The van der Waals surface area contributed by atoms with E-state index in [1.165, 1.54) is 31.2 Å². The maximum absolute atomic E-state index is 5.33. The number of anilines is 1. The van der Waals surface area contributed by atoms with Crippen LogP contribution in [0.3, 0.4) is 0 Å². The molecular weight excluding hydrogens is 298 g/mol. The number of piperidine rings is 1. The quantitative estimate of drug-likeness (QED) is 0.838. The van der Waals surface area contributed by atoms with Gasteiger partial charge in [-0.05, 0) is 61.8 Å². The summed E-state index contributed by atoms with van der Waals surface area (Å²) < 4.78 is 5.33.